The van der Waals surface area contributed by atoms with E-state index in [9.17, 15) is 0 Å². The van der Waals surface area contributed by atoms with E-state index in [0.29, 0.717) is 12.5 Å². The average molecular weight is 135 g/mol. The molecule has 1 aliphatic heterocycles. The zero-order chi connectivity index (χ0) is 5.82. The van der Waals surface area contributed by atoms with Crippen molar-refractivity contribution in [2.75, 3.05) is 19.1 Å². The van der Waals surface area contributed by atoms with Crippen molar-refractivity contribution < 1.29 is 0 Å². The summed E-state index contributed by atoms with van der Waals surface area (Å²) in [6.45, 7) is 1.40. The van der Waals surface area contributed by atoms with Gasteiger partial charge in [0, 0.05) is 12.4 Å². The monoisotopic (exact) mass is 134 g/mol. The molecule has 0 spiro atoms. The molecule has 0 aromatic heterocycles. The Morgan fingerprint density at radius 3 is 3.12 bits per heavy atom. The Morgan fingerprint density at radius 2 is 2.62 bits per heavy atom. The second kappa shape index (κ2) is 2.84. The second-order valence-electron chi connectivity index (χ2n) is 1.44. The van der Waals surface area contributed by atoms with Crippen molar-refractivity contribution in [1.82, 2.24) is 10.5 Å². The van der Waals surface area contributed by atoms with Gasteiger partial charge in [-0.05, 0) is 0 Å². The lowest BCUT2D eigenvalue weighted by molar-refractivity contribution is 0.252. The lowest BCUT2D eigenvalue weighted by Gasteiger charge is -2.07. The minimum atomic E-state index is 0.609. The maximum absolute atomic E-state index is 5.42. The molecule has 8 heavy (non-hydrogen) atoms. The molecule has 0 aliphatic carbocycles. The number of rotatable bonds is 2. The molecule has 1 heterocycles. The van der Waals surface area contributed by atoms with Crippen LogP contribution < -0.4 is 5.53 Å². The van der Waals surface area contributed by atoms with Crippen LogP contribution in [0.25, 0.3) is 0 Å². The van der Waals surface area contributed by atoms with E-state index in [-0.39, 0.29) is 0 Å². The summed E-state index contributed by atoms with van der Waals surface area (Å²) in [5.41, 5.74) is 2.66. The first-order valence-electron chi connectivity index (χ1n) is 2.36. The highest BCUT2D eigenvalue weighted by Crippen LogP contribution is 1.91. The van der Waals surface area contributed by atoms with Crippen LogP contribution in [0.5, 0.6) is 0 Å². The fourth-order valence-electron chi connectivity index (χ4n) is 0.457. The Bertz CT molecular complexity index is 85.3. The lowest BCUT2D eigenvalue weighted by atomic mass is 10.7. The standard InChI is InChI=1S/C3H7ClN4/c4-1-2-8-3-5-6-7-8/h1-3H2,(H,5,7). The van der Waals surface area contributed by atoms with Gasteiger partial charge < -0.3 is 0 Å². The zero-order valence-corrected chi connectivity index (χ0v) is 5.10. The topological polar surface area (TPSA) is 40.0 Å². The van der Waals surface area contributed by atoms with Crippen LogP contribution in [0.2, 0.25) is 0 Å². The van der Waals surface area contributed by atoms with Crippen molar-refractivity contribution in [3.05, 3.63) is 0 Å². The van der Waals surface area contributed by atoms with E-state index < -0.39 is 0 Å². The van der Waals surface area contributed by atoms with Crippen molar-refractivity contribution in [3.8, 4) is 0 Å². The highest BCUT2D eigenvalue weighted by Gasteiger charge is 2.04. The van der Waals surface area contributed by atoms with Crippen molar-refractivity contribution >= 4 is 11.6 Å². The van der Waals surface area contributed by atoms with Crippen LogP contribution in [0, 0.1) is 0 Å². The van der Waals surface area contributed by atoms with Gasteiger partial charge in [-0.25, -0.2) is 5.53 Å². The number of hydrogen-bond donors (Lipinski definition) is 1. The van der Waals surface area contributed by atoms with Gasteiger partial charge in [0.1, 0.15) is 6.67 Å². The number of alkyl halides is 1. The minimum Gasteiger partial charge on any atom is -0.220 e. The minimum absolute atomic E-state index is 0.609. The number of hydrogen-bond acceptors (Lipinski definition) is 4. The van der Waals surface area contributed by atoms with Crippen molar-refractivity contribution in [3.63, 3.8) is 0 Å². The van der Waals surface area contributed by atoms with E-state index >= 15 is 0 Å². The number of halogens is 1. The van der Waals surface area contributed by atoms with Crippen LogP contribution in [0.4, 0.5) is 0 Å². The molecule has 0 saturated heterocycles. The molecule has 0 aromatic rings. The fourth-order valence-corrected chi connectivity index (χ4v) is 0.661. The molecule has 5 heteroatoms. The van der Waals surface area contributed by atoms with Gasteiger partial charge >= 0.3 is 0 Å². The third-order valence-corrected chi connectivity index (χ3v) is 1.01. The molecule has 1 aliphatic rings. The highest BCUT2D eigenvalue weighted by atomic mass is 35.5. The summed E-state index contributed by atoms with van der Waals surface area (Å²) in [5.74, 6) is 0.609. The molecule has 0 atom stereocenters. The molecule has 0 aromatic carbocycles. The summed E-state index contributed by atoms with van der Waals surface area (Å²) < 4.78 is 0. The van der Waals surface area contributed by atoms with E-state index in [1.165, 1.54) is 0 Å². The lowest BCUT2D eigenvalue weighted by Crippen LogP contribution is -2.31. The van der Waals surface area contributed by atoms with Crippen molar-refractivity contribution in [2.24, 2.45) is 10.3 Å². The molecule has 1 rings (SSSR count). The van der Waals surface area contributed by atoms with E-state index in [1.807, 2.05) is 5.01 Å². The molecule has 0 bridgehead atoms. The summed E-state index contributed by atoms with van der Waals surface area (Å²) in [5, 5.41) is 9.02. The molecule has 46 valence electrons. The average Bonchev–Trinajstić information content (AvgIpc) is 2.19. The number of nitrogens with one attached hydrogen (secondary N) is 1. The number of hydrazine groups is 1. The molecule has 4 nitrogen and oxygen atoms in total. The number of nitrogens with zero attached hydrogens (tertiary/aromatic N) is 3. The summed E-state index contributed by atoms with van der Waals surface area (Å²) in [6, 6.07) is 0. The van der Waals surface area contributed by atoms with Crippen LogP contribution in [0.1, 0.15) is 0 Å². The molecule has 0 saturated carbocycles. The van der Waals surface area contributed by atoms with E-state index in [0.717, 1.165) is 6.54 Å². The highest BCUT2D eigenvalue weighted by molar-refractivity contribution is 6.18. The van der Waals surface area contributed by atoms with Gasteiger partial charge in [-0.3, -0.25) is 0 Å². The Labute approximate surface area is 52.5 Å². The normalized spacial score (nSPS) is 19.1. The molecular formula is C3H7ClN4. The first-order chi connectivity index (χ1) is 3.93. The van der Waals surface area contributed by atoms with Gasteiger partial charge in [-0.15, -0.1) is 11.6 Å². The van der Waals surface area contributed by atoms with E-state index in [4.69, 9.17) is 11.6 Å². The first-order valence-corrected chi connectivity index (χ1v) is 2.90. The predicted octanol–water partition coefficient (Wildman–Crippen LogP) is 0.370. The summed E-state index contributed by atoms with van der Waals surface area (Å²) in [6.07, 6.45) is 0. The Morgan fingerprint density at radius 1 is 1.75 bits per heavy atom. The molecule has 0 fully saturated rings. The zero-order valence-electron chi connectivity index (χ0n) is 4.34. The SMILES string of the molecule is ClCCN1CN=NN1. The maximum atomic E-state index is 5.42. The van der Waals surface area contributed by atoms with Gasteiger partial charge in [-0.1, -0.05) is 5.22 Å². The maximum Gasteiger partial charge on any atom is 0.133 e. The van der Waals surface area contributed by atoms with Crippen molar-refractivity contribution in [2.45, 2.75) is 0 Å². The van der Waals surface area contributed by atoms with Crippen molar-refractivity contribution in [1.29, 1.82) is 0 Å². The van der Waals surface area contributed by atoms with Crippen LogP contribution in [-0.2, 0) is 0 Å². The van der Waals surface area contributed by atoms with Gasteiger partial charge in [0.25, 0.3) is 0 Å². The quantitative estimate of drug-likeness (QED) is 0.555. The third-order valence-electron chi connectivity index (χ3n) is 0.845. The van der Waals surface area contributed by atoms with Crippen LogP contribution >= 0.6 is 11.6 Å². The Kier molecular flexibility index (Phi) is 2.05. The largest absolute Gasteiger partial charge is 0.220 e. The van der Waals surface area contributed by atoms with E-state index in [2.05, 4.69) is 15.9 Å². The molecule has 0 radical (unpaired) electrons. The molecule has 0 amide bonds. The van der Waals surface area contributed by atoms with Gasteiger partial charge in [0.15, 0.2) is 0 Å². The summed E-state index contributed by atoms with van der Waals surface area (Å²) in [4.78, 5) is 0. The summed E-state index contributed by atoms with van der Waals surface area (Å²) in [7, 11) is 0. The Balaban J connectivity index is 2.10. The van der Waals surface area contributed by atoms with E-state index in [1.54, 1.807) is 0 Å². The van der Waals surface area contributed by atoms with Crippen LogP contribution in [0.3, 0.4) is 0 Å². The first kappa shape index (κ1) is 5.78. The predicted molar refractivity (Wildman–Crippen MR) is 30.3 cm³/mol. The molecule has 0 unspecified atom stereocenters. The molecular weight excluding hydrogens is 128 g/mol. The van der Waals surface area contributed by atoms with Crippen LogP contribution in [0.15, 0.2) is 10.3 Å². The smallest absolute Gasteiger partial charge is 0.133 e. The van der Waals surface area contributed by atoms with Gasteiger partial charge in [-0.2, -0.15) is 10.1 Å². The van der Waals surface area contributed by atoms with Gasteiger partial charge in [0.2, 0.25) is 0 Å². The Hall–Kier alpha value is -0.350. The third kappa shape index (κ3) is 1.31. The fraction of sp³-hybridized carbons (Fsp3) is 1.00. The van der Waals surface area contributed by atoms with Crippen LogP contribution in [-0.4, -0.2) is 24.1 Å². The second-order valence-corrected chi connectivity index (χ2v) is 1.81. The van der Waals surface area contributed by atoms with Gasteiger partial charge in [0.05, 0.1) is 0 Å². The summed E-state index contributed by atoms with van der Waals surface area (Å²) >= 11 is 5.42. The molecule has 1 N–H and O–H groups in total.